The molecule has 1 heterocycles. The molecule has 0 saturated heterocycles. The number of aromatic nitrogens is 2. The van der Waals surface area contributed by atoms with Gasteiger partial charge in [0.1, 0.15) is 16.2 Å². The largest absolute Gasteiger partial charge is 0.497 e. The highest BCUT2D eigenvalue weighted by Crippen LogP contribution is 2.17. The maximum atomic E-state index is 5.15. The molecular weight excluding hydrogens is 282 g/mol. The van der Waals surface area contributed by atoms with Gasteiger partial charge in [0, 0.05) is 18.0 Å². The number of nitrogens with zero attached hydrogens (tertiary/aromatic N) is 2. The van der Waals surface area contributed by atoms with Crippen molar-refractivity contribution < 1.29 is 4.74 Å². The SMILES string of the molecule is COc1cccc(NCc2nccc(Br)n2)c1. The molecule has 1 aromatic heterocycles. The highest BCUT2D eigenvalue weighted by molar-refractivity contribution is 9.10. The molecule has 1 N–H and O–H groups in total. The first-order valence-corrected chi connectivity index (χ1v) is 5.92. The minimum atomic E-state index is 0.576. The van der Waals surface area contributed by atoms with Gasteiger partial charge in [-0.3, -0.25) is 0 Å². The highest BCUT2D eigenvalue weighted by atomic mass is 79.9. The molecule has 0 unspecified atom stereocenters. The van der Waals surface area contributed by atoms with Gasteiger partial charge in [-0.2, -0.15) is 0 Å². The van der Waals surface area contributed by atoms with Gasteiger partial charge in [-0.05, 0) is 34.1 Å². The van der Waals surface area contributed by atoms with E-state index in [1.807, 2.05) is 24.3 Å². The summed E-state index contributed by atoms with van der Waals surface area (Å²) in [6.45, 7) is 0.576. The molecule has 0 aliphatic carbocycles. The molecular formula is C12H12BrN3O. The summed E-state index contributed by atoms with van der Waals surface area (Å²) in [5, 5.41) is 3.24. The maximum absolute atomic E-state index is 5.15. The van der Waals surface area contributed by atoms with Gasteiger partial charge >= 0.3 is 0 Å². The van der Waals surface area contributed by atoms with Crippen molar-refractivity contribution in [2.75, 3.05) is 12.4 Å². The Morgan fingerprint density at radius 3 is 3.00 bits per heavy atom. The van der Waals surface area contributed by atoms with E-state index in [4.69, 9.17) is 4.74 Å². The first kappa shape index (κ1) is 11.9. The van der Waals surface area contributed by atoms with Crippen LogP contribution in [0.2, 0.25) is 0 Å². The molecule has 0 fully saturated rings. The van der Waals surface area contributed by atoms with E-state index < -0.39 is 0 Å². The summed E-state index contributed by atoms with van der Waals surface area (Å²) in [6.07, 6.45) is 1.72. The number of ether oxygens (including phenoxy) is 1. The van der Waals surface area contributed by atoms with Crippen LogP contribution < -0.4 is 10.1 Å². The monoisotopic (exact) mass is 293 g/mol. The van der Waals surface area contributed by atoms with E-state index in [-0.39, 0.29) is 0 Å². The fourth-order valence-electron chi connectivity index (χ4n) is 1.37. The van der Waals surface area contributed by atoms with Crippen molar-refractivity contribution in [1.82, 2.24) is 9.97 Å². The normalized spacial score (nSPS) is 10.0. The second kappa shape index (κ2) is 5.63. The predicted octanol–water partition coefficient (Wildman–Crippen LogP) is 2.86. The number of benzene rings is 1. The molecule has 4 nitrogen and oxygen atoms in total. The highest BCUT2D eigenvalue weighted by Gasteiger charge is 1.99. The second-order valence-electron chi connectivity index (χ2n) is 3.38. The molecule has 0 atom stereocenters. The molecule has 0 aliphatic rings. The standard InChI is InChI=1S/C12H12BrN3O/c1-17-10-4-2-3-9(7-10)15-8-12-14-6-5-11(13)16-12/h2-7,15H,8H2,1H3. The van der Waals surface area contributed by atoms with Crippen LogP contribution in [0.1, 0.15) is 5.82 Å². The number of methoxy groups -OCH3 is 1. The lowest BCUT2D eigenvalue weighted by molar-refractivity contribution is 0.415. The lowest BCUT2D eigenvalue weighted by atomic mass is 10.3. The molecule has 0 spiro atoms. The van der Waals surface area contributed by atoms with Crippen LogP contribution in [0.5, 0.6) is 5.75 Å². The van der Waals surface area contributed by atoms with E-state index in [0.29, 0.717) is 6.54 Å². The summed E-state index contributed by atoms with van der Waals surface area (Å²) in [5.41, 5.74) is 0.980. The van der Waals surface area contributed by atoms with Gasteiger partial charge < -0.3 is 10.1 Å². The Labute approximate surface area is 108 Å². The molecule has 17 heavy (non-hydrogen) atoms. The van der Waals surface area contributed by atoms with Crippen molar-refractivity contribution in [3.8, 4) is 5.75 Å². The van der Waals surface area contributed by atoms with E-state index in [0.717, 1.165) is 21.9 Å². The number of anilines is 1. The minimum absolute atomic E-state index is 0.576. The van der Waals surface area contributed by atoms with Crippen molar-refractivity contribution >= 4 is 21.6 Å². The Bertz CT molecular complexity index is 505. The molecule has 0 saturated carbocycles. The Hall–Kier alpha value is -1.62. The van der Waals surface area contributed by atoms with Gasteiger partial charge in [0.05, 0.1) is 13.7 Å². The zero-order chi connectivity index (χ0) is 12.1. The lowest BCUT2D eigenvalue weighted by Crippen LogP contribution is -2.04. The van der Waals surface area contributed by atoms with Crippen LogP contribution in [-0.2, 0) is 6.54 Å². The Kier molecular flexibility index (Phi) is 3.93. The Balaban J connectivity index is 2.02. The maximum Gasteiger partial charge on any atom is 0.148 e. The van der Waals surface area contributed by atoms with Crippen LogP contribution in [0, 0.1) is 0 Å². The summed E-state index contributed by atoms with van der Waals surface area (Å²) < 4.78 is 5.93. The van der Waals surface area contributed by atoms with Gasteiger partial charge in [0.2, 0.25) is 0 Å². The summed E-state index contributed by atoms with van der Waals surface area (Å²) in [7, 11) is 1.65. The first-order valence-electron chi connectivity index (χ1n) is 5.13. The number of hydrogen-bond acceptors (Lipinski definition) is 4. The lowest BCUT2D eigenvalue weighted by Gasteiger charge is -2.07. The number of hydrogen-bond donors (Lipinski definition) is 1. The number of rotatable bonds is 4. The third-order valence-electron chi connectivity index (χ3n) is 2.19. The van der Waals surface area contributed by atoms with Gasteiger partial charge in [-0.1, -0.05) is 6.07 Å². The third-order valence-corrected chi connectivity index (χ3v) is 2.63. The minimum Gasteiger partial charge on any atom is -0.497 e. The molecule has 0 bridgehead atoms. The number of halogens is 1. The second-order valence-corrected chi connectivity index (χ2v) is 4.19. The van der Waals surface area contributed by atoms with E-state index in [9.17, 15) is 0 Å². The molecule has 1 aromatic carbocycles. The summed E-state index contributed by atoms with van der Waals surface area (Å²) in [6, 6.07) is 9.54. The van der Waals surface area contributed by atoms with Crippen LogP contribution in [0.4, 0.5) is 5.69 Å². The van der Waals surface area contributed by atoms with Crippen LogP contribution in [0.3, 0.4) is 0 Å². The molecule has 0 radical (unpaired) electrons. The van der Waals surface area contributed by atoms with Crippen molar-refractivity contribution in [3.63, 3.8) is 0 Å². The number of nitrogens with one attached hydrogen (secondary N) is 1. The van der Waals surface area contributed by atoms with Gasteiger partial charge in [-0.15, -0.1) is 0 Å². The third kappa shape index (κ3) is 3.42. The summed E-state index contributed by atoms with van der Waals surface area (Å²) >= 11 is 3.31. The Morgan fingerprint density at radius 2 is 2.24 bits per heavy atom. The summed E-state index contributed by atoms with van der Waals surface area (Å²) in [4.78, 5) is 8.40. The average Bonchev–Trinajstić information content (AvgIpc) is 2.37. The Morgan fingerprint density at radius 1 is 1.35 bits per heavy atom. The average molecular weight is 294 g/mol. The molecule has 88 valence electrons. The van der Waals surface area contributed by atoms with E-state index >= 15 is 0 Å². The van der Waals surface area contributed by atoms with Gasteiger partial charge in [0.25, 0.3) is 0 Å². The topological polar surface area (TPSA) is 47.0 Å². The van der Waals surface area contributed by atoms with E-state index in [2.05, 4.69) is 31.2 Å². The van der Waals surface area contributed by atoms with Gasteiger partial charge in [0.15, 0.2) is 0 Å². The van der Waals surface area contributed by atoms with Crippen LogP contribution in [-0.4, -0.2) is 17.1 Å². The van der Waals surface area contributed by atoms with Crippen molar-refractivity contribution in [3.05, 3.63) is 47.0 Å². The molecule has 0 aliphatic heterocycles. The van der Waals surface area contributed by atoms with Crippen molar-refractivity contribution in [2.24, 2.45) is 0 Å². The molecule has 0 amide bonds. The van der Waals surface area contributed by atoms with E-state index in [1.54, 1.807) is 19.4 Å². The molecule has 2 aromatic rings. The first-order chi connectivity index (χ1) is 8.28. The zero-order valence-electron chi connectivity index (χ0n) is 9.35. The van der Waals surface area contributed by atoms with Crippen molar-refractivity contribution in [2.45, 2.75) is 6.54 Å². The molecule has 2 rings (SSSR count). The zero-order valence-corrected chi connectivity index (χ0v) is 10.9. The smallest absolute Gasteiger partial charge is 0.148 e. The predicted molar refractivity (Wildman–Crippen MR) is 70.1 cm³/mol. The quantitative estimate of drug-likeness (QED) is 0.881. The summed E-state index contributed by atoms with van der Waals surface area (Å²) in [5.74, 6) is 1.56. The van der Waals surface area contributed by atoms with E-state index in [1.165, 1.54) is 0 Å². The van der Waals surface area contributed by atoms with Crippen LogP contribution >= 0.6 is 15.9 Å². The van der Waals surface area contributed by atoms with Crippen LogP contribution in [0.15, 0.2) is 41.1 Å². The van der Waals surface area contributed by atoms with Crippen LogP contribution in [0.25, 0.3) is 0 Å². The fourth-order valence-corrected chi connectivity index (χ4v) is 1.70. The van der Waals surface area contributed by atoms with Crippen molar-refractivity contribution in [1.29, 1.82) is 0 Å². The van der Waals surface area contributed by atoms with Gasteiger partial charge in [-0.25, -0.2) is 9.97 Å². The molecule has 5 heteroatoms. The fraction of sp³-hybridized carbons (Fsp3) is 0.167.